The number of hydrogen-bond acceptors (Lipinski definition) is 5. The van der Waals surface area contributed by atoms with Gasteiger partial charge >= 0.3 is 0 Å². The summed E-state index contributed by atoms with van der Waals surface area (Å²) < 4.78 is 5.37. The van der Waals surface area contributed by atoms with Crippen LogP contribution in [0.4, 0.5) is 11.4 Å². The number of aromatic nitrogens is 2. The molecule has 2 heterocycles. The van der Waals surface area contributed by atoms with Crippen LogP contribution in [0.15, 0.2) is 54.9 Å². The number of rotatable bonds is 11. The maximum absolute atomic E-state index is 9.79. The van der Waals surface area contributed by atoms with Crippen molar-refractivity contribution in [1.82, 2.24) is 15.3 Å². The topological polar surface area (TPSA) is 85.8 Å². The molecule has 4 aromatic rings. The van der Waals surface area contributed by atoms with Crippen LogP contribution in [0.3, 0.4) is 0 Å². The number of fused-ring (bicyclic) bond motifs is 1. The molecule has 0 spiro atoms. The highest BCUT2D eigenvalue weighted by atomic mass is 16.5. The summed E-state index contributed by atoms with van der Waals surface area (Å²) in [4.78, 5) is 7.72. The molecule has 0 aliphatic carbocycles. The van der Waals surface area contributed by atoms with E-state index in [-0.39, 0.29) is 0 Å². The Hall–Kier alpha value is -3.92. The summed E-state index contributed by atoms with van der Waals surface area (Å²) in [7, 11) is 0. The summed E-state index contributed by atoms with van der Waals surface area (Å²) in [5, 5.41) is 17.9. The number of hydrogen-bond donors (Lipinski definition) is 3. The molecular formula is C30H33N5O. The third-order valence-electron chi connectivity index (χ3n) is 6.30. The number of pyridine rings is 1. The number of aryl methyl sites for hydroxylation is 2. The standard InChI is InChI=1S/C30H33N5O/c1-4-36-17-5-15-32-19-24-8-6-23(7-9-24)10-11-27-22(3)34-20-25(18-31)30(27)35-28-12-13-29-26(21(28)2)14-16-33-29/h6-14,16,20,32-33H,4-5,15,17,19H2,1-3H3,(H,34,35). The molecule has 6 nitrogen and oxygen atoms in total. The molecule has 0 atom stereocenters. The Labute approximate surface area is 213 Å². The fourth-order valence-corrected chi connectivity index (χ4v) is 4.20. The third-order valence-corrected chi connectivity index (χ3v) is 6.30. The molecule has 0 fully saturated rings. The molecule has 184 valence electrons. The van der Waals surface area contributed by atoms with E-state index in [4.69, 9.17) is 4.74 Å². The molecule has 2 aromatic heterocycles. The van der Waals surface area contributed by atoms with Gasteiger partial charge in [0.25, 0.3) is 0 Å². The first-order chi connectivity index (χ1) is 17.6. The van der Waals surface area contributed by atoms with Crippen molar-refractivity contribution in [3.8, 4) is 6.07 Å². The first kappa shape index (κ1) is 25.2. The minimum Gasteiger partial charge on any atom is -0.382 e. The third kappa shape index (κ3) is 6.01. The molecule has 6 heteroatoms. The number of anilines is 2. The van der Waals surface area contributed by atoms with E-state index in [1.807, 2.05) is 32.2 Å². The van der Waals surface area contributed by atoms with Gasteiger partial charge in [-0.15, -0.1) is 0 Å². The van der Waals surface area contributed by atoms with Crippen molar-refractivity contribution in [3.05, 3.63) is 88.4 Å². The molecule has 0 amide bonds. The molecule has 3 N–H and O–H groups in total. The average molecular weight is 480 g/mol. The minimum atomic E-state index is 0.513. The summed E-state index contributed by atoms with van der Waals surface area (Å²) >= 11 is 0. The predicted octanol–water partition coefficient (Wildman–Crippen LogP) is 6.48. The van der Waals surface area contributed by atoms with Crippen LogP contribution in [0.1, 0.15) is 46.9 Å². The van der Waals surface area contributed by atoms with Crippen LogP contribution in [0.25, 0.3) is 23.1 Å². The molecule has 0 aliphatic rings. The van der Waals surface area contributed by atoms with E-state index in [1.165, 1.54) is 5.56 Å². The van der Waals surface area contributed by atoms with Crippen molar-refractivity contribution in [2.24, 2.45) is 0 Å². The second-order valence-electron chi connectivity index (χ2n) is 8.76. The highest BCUT2D eigenvalue weighted by molar-refractivity contribution is 5.90. The van der Waals surface area contributed by atoms with Crippen molar-refractivity contribution in [2.45, 2.75) is 33.7 Å². The fraction of sp³-hybridized carbons (Fsp3) is 0.267. The van der Waals surface area contributed by atoms with Crippen molar-refractivity contribution < 1.29 is 4.74 Å². The number of nitrogens with one attached hydrogen (secondary N) is 3. The van der Waals surface area contributed by atoms with Gasteiger partial charge in [-0.25, -0.2) is 0 Å². The van der Waals surface area contributed by atoms with Gasteiger partial charge in [-0.1, -0.05) is 36.4 Å². The van der Waals surface area contributed by atoms with Gasteiger partial charge in [-0.2, -0.15) is 5.26 Å². The maximum atomic E-state index is 9.79. The molecule has 2 aromatic carbocycles. The molecule has 0 aliphatic heterocycles. The number of aromatic amines is 1. The Morgan fingerprint density at radius 2 is 1.92 bits per heavy atom. The van der Waals surface area contributed by atoms with E-state index in [9.17, 15) is 5.26 Å². The molecule has 0 saturated heterocycles. The first-order valence-electron chi connectivity index (χ1n) is 12.4. The number of nitriles is 1. The Morgan fingerprint density at radius 1 is 1.08 bits per heavy atom. The molecule has 4 rings (SSSR count). The van der Waals surface area contributed by atoms with Crippen molar-refractivity contribution in [2.75, 3.05) is 25.1 Å². The normalized spacial score (nSPS) is 11.3. The van der Waals surface area contributed by atoms with Gasteiger partial charge in [0.2, 0.25) is 0 Å². The molecule has 0 unspecified atom stereocenters. The molecule has 0 bridgehead atoms. The van der Waals surface area contributed by atoms with E-state index in [2.05, 4.69) is 76.1 Å². The van der Waals surface area contributed by atoms with Gasteiger partial charge in [0.1, 0.15) is 6.07 Å². The Morgan fingerprint density at radius 3 is 2.69 bits per heavy atom. The van der Waals surface area contributed by atoms with Crippen LogP contribution in [0, 0.1) is 25.2 Å². The SMILES string of the molecule is CCOCCCNCc1ccc(C=Cc2c(C)ncc(C#N)c2Nc2ccc3[nH]ccc3c2C)cc1. The predicted molar refractivity (Wildman–Crippen MR) is 148 cm³/mol. The van der Waals surface area contributed by atoms with E-state index in [0.717, 1.165) is 77.4 Å². The van der Waals surface area contributed by atoms with E-state index in [1.54, 1.807) is 6.20 Å². The van der Waals surface area contributed by atoms with Gasteiger partial charge in [0, 0.05) is 60.0 Å². The summed E-state index contributed by atoms with van der Waals surface area (Å²) in [6, 6.07) is 17.0. The zero-order valence-electron chi connectivity index (χ0n) is 21.2. The number of H-pyrrole nitrogens is 1. The lowest BCUT2D eigenvalue weighted by Crippen LogP contribution is -2.16. The second-order valence-corrected chi connectivity index (χ2v) is 8.76. The van der Waals surface area contributed by atoms with E-state index in [0.29, 0.717) is 5.56 Å². The van der Waals surface area contributed by atoms with Crippen LogP contribution in [0.2, 0.25) is 0 Å². The maximum Gasteiger partial charge on any atom is 0.103 e. The number of nitrogens with zero attached hydrogens (tertiary/aromatic N) is 2. The second kappa shape index (κ2) is 12.2. The lowest BCUT2D eigenvalue weighted by molar-refractivity contribution is 0.144. The van der Waals surface area contributed by atoms with Crippen LogP contribution in [-0.4, -0.2) is 29.7 Å². The number of benzene rings is 2. The first-order valence-corrected chi connectivity index (χ1v) is 12.4. The van der Waals surface area contributed by atoms with Crippen LogP contribution in [-0.2, 0) is 11.3 Å². The molecule has 36 heavy (non-hydrogen) atoms. The zero-order valence-corrected chi connectivity index (χ0v) is 21.2. The molecular weight excluding hydrogens is 446 g/mol. The minimum absolute atomic E-state index is 0.513. The summed E-state index contributed by atoms with van der Waals surface area (Å²) in [5.74, 6) is 0. The largest absolute Gasteiger partial charge is 0.382 e. The van der Waals surface area contributed by atoms with E-state index < -0.39 is 0 Å². The fourth-order valence-electron chi connectivity index (χ4n) is 4.20. The Bertz CT molecular complexity index is 1380. The van der Waals surface area contributed by atoms with Crippen molar-refractivity contribution in [3.63, 3.8) is 0 Å². The van der Waals surface area contributed by atoms with Crippen LogP contribution < -0.4 is 10.6 Å². The average Bonchev–Trinajstić information content (AvgIpc) is 3.38. The number of ether oxygens (including phenoxy) is 1. The summed E-state index contributed by atoms with van der Waals surface area (Å²) in [5.41, 5.74) is 8.57. The zero-order chi connectivity index (χ0) is 25.3. The van der Waals surface area contributed by atoms with Gasteiger partial charge in [-0.05, 0) is 68.6 Å². The van der Waals surface area contributed by atoms with Gasteiger partial charge in [0.05, 0.1) is 11.3 Å². The van der Waals surface area contributed by atoms with Crippen LogP contribution in [0.5, 0.6) is 0 Å². The van der Waals surface area contributed by atoms with Crippen molar-refractivity contribution in [1.29, 1.82) is 5.26 Å². The highest BCUT2D eigenvalue weighted by Gasteiger charge is 2.13. The summed E-state index contributed by atoms with van der Waals surface area (Å²) in [6.07, 6.45) is 8.69. The summed E-state index contributed by atoms with van der Waals surface area (Å²) in [6.45, 7) is 9.41. The highest BCUT2D eigenvalue weighted by Crippen LogP contribution is 2.32. The molecule has 0 saturated carbocycles. The Balaban J connectivity index is 1.51. The van der Waals surface area contributed by atoms with Gasteiger partial charge in [-0.3, -0.25) is 4.98 Å². The van der Waals surface area contributed by atoms with Gasteiger partial charge < -0.3 is 20.4 Å². The lowest BCUT2D eigenvalue weighted by Gasteiger charge is -2.16. The smallest absolute Gasteiger partial charge is 0.103 e. The lowest BCUT2D eigenvalue weighted by atomic mass is 10.0. The van der Waals surface area contributed by atoms with Crippen molar-refractivity contribution >= 4 is 34.4 Å². The molecule has 0 radical (unpaired) electrons. The van der Waals surface area contributed by atoms with E-state index >= 15 is 0 Å². The quantitative estimate of drug-likeness (QED) is 0.214. The van der Waals surface area contributed by atoms with Crippen LogP contribution >= 0.6 is 0 Å². The monoisotopic (exact) mass is 479 g/mol. The Kier molecular flexibility index (Phi) is 8.51. The van der Waals surface area contributed by atoms with Gasteiger partial charge in [0.15, 0.2) is 0 Å².